The van der Waals surface area contributed by atoms with Crippen LogP contribution in [0.25, 0.3) is 111 Å². The Hall–Kier alpha value is -7.63. The summed E-state index contributed by atoms with van der Waals surface area (Å²) >= 11 is 0. The second-order valence-electron chi connectivity index (χ2n) is 14.0. The number of para-hydroxylation sites is 2. The van der Waals surface area contributed by atoms with Crippen molar-refractivity contribution in [3.05, 3.63) is 188 Å². The van der Waals surface area contributed by atoms with Crippen molar-refractivity contribution in [1.82, 2.24) is 15.0 Å². The smallest absolute Gasteiger partial charge is 0.164 e. The molecule has 262 valence electrons. The first-order valence-corrected chi connectivity index (χ1v) is 18.7. The van der Waals surface area contributed by atoms with E-state index in [2.05, 4.69) is 140 Å². The SMILES string of the molecule is c1ccc(-c2ccc(-c3nc(-c4ccc(-c5ccccc5)cc4)nc(-c4cc(-c5ccc6c(c5)oc5ccccc56)c5c(c4)oc4ccccc45)n3)cc2)cc1. The van der Waals surface area contributed by atoms with Gasteiger partial charge in [0, 0.05) is 38.2 Å². The van der Waals surface area contributed by atoms with E-state index in [4.69, 9.17) is 23.8 Å². The van der Waals surface area contributed by atoms with E-state index in [0.29, 0.717) is 17.5 Å². The van der Waals surface area contributed by atoms with Crippen molar-refractivity contribution in [3.8, 4) is 67.5 Å². The molecule has 0 aliphatic heterocycles. The van der Waals surface area contributed by atoms with Gasteiger partial charge in [-0.1, -0.05) is 152 Å². The lowest BCUT2D eigenvalue weighted by molar-refractivity contribution is 0.668. The van der Waals surface area contributed by atoms with Gasteiger partial charge in [-0.05, 0) is 69.8 Å². The van der Waals surface area contributed by atoms with Crippen LogP contribution in [-0.4, -0.2) is 15.0 Å². The standard InChI is InChI=1S/C51H31N3O2/c1-3-11-32(12-4-1)34-19-23-36(24-20-34)49-52-50(37-25-21-35(22-26-37)33-13-5-2-6-14-33)54-51(53-49)39-29-43(48-42-16-8-10-18-45(42)56-47(48)31-39)38-27-28-41-40-15-7-9-17-44(40)55-46(41)30-38/h1-31H. The van der Waals surface area contributed by atoms with Gasteiger partial charge in [-0.25, -0.2) is 15.0 Å². The zero-order valence-corrected chi connectivity index (χ0v) is 30.1. The Morgan fingerprint density at radius 2 is 0.679 bits per heavy atom. The number of aromatic nitrogens is 3. The van der Waals surface area contributed by atoms with Crippen molar-refractivity contribution in [1.29, 1.82) is 0 Å². The highest BCUT2D eigenvalue weighted by Gasteiger charge is 2.20. The summed E-state index contributed by atoms with van der Waals surface area (Å²) in [5, 5.41) is 4.25. The summed E-state index contributed by atoms with van der Waals surface area (Å²) in [4.78, 5) is 15.4. The van der Waals surface area contributed by atoms with Crippen molar-refractivity contribution in [3.63, 3.8) is 0 Å². The van der Waals surface area contributed by atoms with E-state index in [1.54, 1.807) is 0 Å². The highest BCUT2D eigenvalue weighted by atomic mass is 16.3. The minimum atomic E-state index is 0.553. The number of rotatable bonds is 6. The van der Waals surface area contributed by atoms with Gasteiger partial charge in [-0.2, -0.15) is 0 Å². The zero-order chi connectivity index (χ0) is 37.0. The largest absolute Gasteiger partial charge is 0.456 e. The molecule has 0 N–H and O–H groups in total. The molecule has 3 heterocycles. The van der Waals surface area contributed by atoms with E-state index in [1.807, 2.05) is 48.5 Å². The molecule has 56 heavy (non-hydrogen) atoms. The Morgan fingerprint density at radius 3 is 1.29 bits per heavy atom. The fourth-order valence-electron chi connectivity index (χ4n) is 7.75. The summed E-state index contributed by atoms with van der Waals surface area (Å²) in [6, 6.07) is 64.6. The molecule has 3 aromatic heterocycles. The summed E-state index contributed by atoms with van der Waals surface area (Å²) in [5.41, 5.74) is 12.5. The van der Waals surface area contributed by atoms with Crippen LogP contribution in [0.5, 0.6) is 0 Å². The molecule has 0 bridgehead atoms. The quantitative estimate of drug-likeness (QED) is 0.171. The van der Waals surface area contributed by atoms with Gasteiger partial charge in [-0.3, -0.25) is 0 Å². The Labute approximate surface area is 322 Å². The third-order valence-electron chi connectivity index (χ3n) is 10.6. The van der Waals surface area contributed by atoms with Crippen molar-refractivity contribution < 1.29 is 8.83 Å². The Balaban J connectivity index is 1.10. The Kier molecular flexibility index (Phi) is 7.42. The minimum Gasteiger partial charge on any atom is -0.456 e. The molecule has 0 unspecified atom stereocenters. The summed E-state index contributed by atoms with van der Waals surface area (Å²) in [6.45, 7) is 0. The van der Waals surface area contributed by atoms with E-state index >= 15 is 0 Å². The molecule has 0 fully saturated rings. The molecule has 0 spiro atoms. The lowest BCUT2D eigenvalue weighted by Gasteiger charge is -2.11. The first kappa shape index (κ1) is 31.9. The first-order valence-electron chi connectivity index (χ1n) is 18.7. The molecule has 0 radical (unpaired) electrons. The van der Waals surface area contributed by atoms with Crippen molar-refractivity contribution in [2.75, 3.05) is 0 Å². The van der Waals surface area contributed by atoms with Gasteiger partial charge in [0.2, 0.25) is 0 Å². The number of hydrogen-bond acceptors (Lipinski definition) is 5. The first-order chi connectivity index (χ1) is 27.7. The molecule has 0 aliphatic rings. The maximum absolute atomic E-state index is 6.56. The average Bonchev–Trinajstić information content (AvgIpc) is 3.85. The second-order valence-corrected chi connectivity index (χ2v) is 14.0. The summed E-state index contributed by atoms with van der Waals surface area (Å²) in [6.07, 6.45) is 0. The van der Waals surface area contributed by atoms with E-state index in [0.717, 1.165) is 93.9 Å². The van der Waals surface area contributed by atoms with Crippen LogP contribution >= 0.6 is 0 Å². The third kappa shape index (κ3) is 5.53. The fourth-order valence-corrected chi connectivity index (χ4v) is 7.75. The maximum Gasteiger partial charge on any atom is 0.164 e. The number of hydrogen-bond donors (Lipinski definition) is 0. The Bertz CT molecular complexity index is 3120. The van der Waals surface area contributed by atoms with Gasteiger partial charge in [0.15, 0.2) is 17.5 Å². The molecule has 5 nitrogen and oxygen atoms in total. The van der Waals surface area contributed by atoms with Gasteiger partial charge in [0.1, 0.15) is 22.3 Å². The number of fused-ring (bicyclic) bond motifs is 6. The molecule has 11 aromatic rings. The van der Waals surface area contributed by atoms with Crippen LogP contribution in [0.3, 0.4) is 0 Å². The molecule has 0 amide bonds. The Morgan fingerprint density at radius 1 is 0.268 bits per heavy atom. The molecule has 11 rings (SSSR count). The van der Waals surface area contributed by atoms with Crippen LogP contribution in [0.2, 0.25) is 0 Å². The van der Waals surface area contributed by atoms with E-state index in [-0.39, 0.29) is 0 Å². The van der Waals surface area contributed by atoms with Gasteiger partial charge in [-0.15, -0.1) is 0 Å². The van der Waals surface area contributed by atoms with E-state index in [9.17, 15) is 0 Å². The van der Waals surface area contributed by atoms with Gasteiger partial charge in [0.05, 0.1) is 0 Å². The van der Waals surface area contributed by atoms with E-state index < -0.39 is 0 Å². The monoisotopic (exact) mass is 717 g/mol. The van der Waals surface area contributed by atoms with Gasteiger partial charge >= 0.3 is 0 Å². The van der Waals surface area contributed by atoms with Gasteiger partial charge in [0.25, 0.3) is 0 Å². The van der Waals surface area contributed by atoms with Gasteiger partial charge < -0.3 is 8.83 Å². The predicted molar refractivity (Wildman–Crippen MR) is 227 cm³/mol. The van der Waals surface area contributed by atoms with Crippen LogP contribution in [-0.2, 0) is 0 Å². The zero-order valence-electron chi connectivity index (χ0n) is 30.1. The molecular weight excluding hydrogens is 687 g/mol. The molecule has 5 heteroatoms. The normalized spacial score (nSPS) is 11.6. The molecule has 0 aliphatic carbocycles. The topological polar surface area (TPSA) is 65.0 Å². The van der Waals surface area contributed by atoms with E-state index in [1.165, 1.54) is 0 Å². The van der Waals surface area contributed by atoms with Crippen molar-refractivity contribution in [2.24, 2.45) is 0 Å². The highest BCUT2D eigenvalue weighted by molar-refractivity contribution is 6.14. The maximum atomic E-state index is 6.56. The molecule has 0 saturated heterocycles. The third-order valence-corrected chi connectivity index (χ3v) is 10.6. The minimum absolute atomic E-state index is 0.553. The summed E-state index contributed by atoms with van der Waals surface area (Å²) in [7, 11) is 0. The summed E-state index contributed by atoms with van der Waals surface area (Å²) < 4.78 is 12.9. The van der Waals surface area contributed by atoms with Crippen LogP contribution < -0.4 is 0 Å². The lowest BCUT2D eigenvalue weighted by Crippen LogP contribution is -2.00. The van der Waals surface area contributed by atoms with Crippen LogP contribution in [0.15, 0.2) is 197 Å². The molecular formula is C51H31N3O2. The molecule has 0 atom stereocenters. The lowest BCUT2D eigenvalue weighted by atomic mass is 9.96. The summed E-state index contributed by atoms with van der Waals surface area (Å²) in [5.74, 6) is 1.73. The van der Waals surface area contributed by atoms with Crippen LogP contribution in [0.4, 0.5) is 0 Å². The highest BCUT2D eigenvalue weighted by Crippen LogP contribution is 2.42. The fraction of sp³-hybridized carbons (Fsp3) is 0. The molecule has 0 saturated carbocycles. The van der Waals surface area contributed by atoms with Crippen LogP contribution in [0, 0.1) is 0 Å². The molecule has 8 aromatic carbocycles. The van der Waals surface area contributed by atoms with Crippen molar-refractivity contribution >= 4 is 43.9 Å². The average molecular weight is 718 g/mol. The number of benzene rings is 8. The number of nitrogens with zero attached hydrogens (tertiary/aromatic N) is 3. The van der Waals surface area contributed by atoms with Crippen molar-refractivity contribution in [2.45, 2.75) is 0 Å². The number of furan rings is 2. The van der Waals surface area contributed by atoms with Crippen LogP contribution in [0.1, 0.15) is 0 Å². The predicted octanol–water partition coefficient (Wildman–Crippen LogP) is 13.7. The second kappa shape index (κ2) is 13.0.